The van der Waals surface area contributed by atoms with Crippen LogP contribution in [-0.2, 0) is 16.4 Å². The van der Waals surface area contributed by atoms with Crippen LogP contribution < -0.4 is 15.8 Å². The van der Waals surface area contributed by atoms with E-state index in [1.165, 1.54) is 19.1 Å². The zero-order chi connectivity index (χ0) is 18.4. The fourth-order valence-corrected chi connectivity index (χ4v) is 2.65. The summed E-state index contributed by atoms with van der Waals surface area (Å²) in [6.45, 7) is 1.86. The molecule has 25 heavy (non-hydrogen) atoms. The summed E-state index contributed by atoms with van der Waals surface area (Å²) in [5.41, 5.74) is 2.03. The molecule has 2 amide bonds. The number of anilines is 1. The van der Waals surface area contributed by atoms with E-state index in [2.05, 4.69) is 10.6 Å². The number of urea groups is 1. The molecule has 0 saturated heterocycles. The highest BCUT2D eigenvalue weighted by atomic mass is 32.2. The van der Waals surface area contributed by atoms with E-state index in [0.717, 1.165) is 5.56 Å². The molecule has 0 aliphatic heterocycles. The number of primary sulfonamides is 1. The van der Waals surface area contributed by atoms with Crippen molar-refractivity contribution < 1.29 is 18.0 Å². The zero-order valence-electron chi connectivity index (χ0n) is 13.7. The van der Waals surface area contributed by atoms with Gasteiger partial charge in [0, 0.05) is 17.8 Å². The molecule has 0 aromatic heterocycles. The average molecular weight is 361 g/mol. The number of ketones is 1. The van der Waals surface area contributed by atoms with E-state index in [-0.39, 0.29) is 16.7 Å². The van der Waals surface area contributed by atoms with Gasteiger partial charge in [-0.3, -0.25) is 4.79 Å². The van der Waals surface area contributed by atoms with E-state index in [9.17, 15) is 18.0 Å². The minimum absolute atomic E-state index is 0.0375. The second-order valence-corrected chi connectivity index (χ2v) is 7.01. The van der Waals surface area contributed by atoms with Crippen molar-refractivity contribution in [3.05, 3.63) is 59.7 Å². The third kappa shape index (κ3) is 5.70. The number of hydrogen-bond donors (Lipinski definition) is 3. The quantitative estimate of drug-likeness (QED) is 0.681. The number of sulfonamides is 1. The Balaban J connectivity index is 1.81. The smallest absolute Gasteiger partial charge is 0.319 e. The maximum atomic E-state index is 11.8. The lowest BCUT2D eigenvalue weighted by Gasteiger charge is -2.08. The number of nitrogens with two attached hydrogens (primary N) is 1. The van der Waals surface area contributed by atoms with E-state index in [1.54, 1.807) is 36.4 Å². The van der Waals surface area contributed by atoms with Gasteiger partial charge in [0.1, 0.15) is 0 Å². The minimum atomic E-state index is -3.70. The molecule has 0 aliphatic rings. The van der Waals surface area contributed by atoms with Gasteiger partial charge < -0.3 is 10.6 Å². The van der Waals surface area contributed by atoms with Crippen LogP contribution in [0.15, 0.2) is 53.4 Å². The Labute approximate surface area is 146 Å². The van der Waals surface area contributed by atoms with Crippen molar-refractivity contribution >= 4 is 27.5 Å². The van der Waals surface area contributed by atoms with E-state index < -0.39 is 10.0 Å². The van der Waals surface area contributed by atoms with Crippen molar-refractivity contribution in [3.8, 4) is 0 Å². The fraction of sp³-hybridized carbons (Fsp3) is 0.176. The first kappa shape index (κ1) is 18.6. The summed E-state index contributed by atoms with van der Waals surface area (Å²) in [6.07, 6.45) is 0.543. The van der Waals surface area contributed by atoms with Crippen molar-refractivity contribution in [2.75, 3.05) is 11.9 Å². The first-order valence-corrected chi connectivity index (χ1v) is 9.08. The number of carbonyl (C=O) groups is 2. The van der Waals surface area contributed by atoms with Crippen LogP contribution in [0.4, 0.5) is 10.5 Å². The molecule has 0 aliphatic carbocycles. The first-order valence-electron chi connectivity index (χ1n) is 7.53. The highest BCUT2D eigenvalue weighted by Gasteiger charge is 2.07. The van der Waals surface area contributed by atoms with Gasteiger partial charge in [-0.05, 0) is 55.3 Å². The van der Waals surface area contributed by atoms with Crippen LogP contribution >= 0.6 is 0 Å². The molecule has 132 valence electrons. The van der Waals surface area contributed by atoms with Crippen molar-refractivity contribution in [2.45, 2.75) is 18.2 Å². The standard InChI is InChI=1S/C17H19N3O4S/c1-12(21)14-4-6-15(7-5-14)20-17(22)19-11-10-13-2-8-16(9-3-13)25(18,23)24/h2-9H,10-11H2,1H3,(H2,18,23,24)(H2,19,20,22). The summed E-state index contributed by atoms with van der Waals surface area (Å²) in [5, 5.41) is 10.4. The normalized spacial score (nSPS) is 11.0. The van der Waals surface area contributed by atoms with Gasteiger partial charge in [0.15, 0.2) is 5.78 Å². The van der Waals surface area contributed by atoms with Crippen LogP contribution in [0, 0.1) is 0 Å². The van der Waals surface area contributed by atoms with E-state index in [4.69, 9.17) is 5.14 Å². The lowest BCUT2D eigenvalue weighted by molar-refractivity contribution is 0.101. The number of Topliss-reactive ketones (excluding diaryl/α,β-unsaturated/α-hetero) is 1. The lowest BCUT2D eigenvalue weighted by Crippen LogP contribution is -2.30. The SMILES string of the molecule is CC(=O)c1ccc(NC(=O)NCCc2ccc(S(N)(=O)=O)cc2)cc1. The maximum Gasteiger partial charge on any atom is 0.319 e. The third-order valence-electron chi connectivity index (χ3n) is 3.50. The zero-order valence-corrected chi connectivity index (χ0v) is 14.5. The molecule has 0 unspecified atom stereocenters. The summed E-state index contributed by atoms with van der Waals surface area (Å²) in [5.74, 6) is -0.0375. The van der Waals surface area contributed by atoms with Crippen LogP contribution in [-0.4, -0.2) is 26.8 Å². The summed E-state index contributed by atoms with van der Waals surface area (Å²) >= 11 is 0. The van der Waals surface area contributed by atoms with Crippen LogP contribution in [0.25, 0.3) is 0 Å². The molecule has 0 heterocycles. The Morgan fingerprint density at radius 2 is 1.60 bits per heavy atom. The molecular weight excluding hydrogens is 342 g/mol. The Bertz CT molecular complexity index is 860. The van der Waals surface area contributed by atoms with Gasteiger partial charge in [-0.15, -0.1) is 0 Å². The second-order valence-electron chi connectivity index (χ2n) is 5.45. The van der Waals surface area contributed by atoms with Gasteiger partial charge in [-0.1, -0.05) is 12.1 Å². The molecule has 0 bridgehead atoms. The van der Waals surface area contributed by atoms with Gasteiger partial charge in [0.05, 0.1) is 4.90 Å². The van der Waals surface area contributed by atoms with Gasteiger partial charge in [-0.25, -0.2) is 18.4 Å². The topological polar surface area (TPSA) is 118 Å². The highest BCUT2D eigenvalue weighted by Crippen LogP contribution is 2.10. The number of hydrogen-bond acceptors (Lipinski definition) is 4. The average Bonchev–Trinajstić information content (AvgIpc) is 2.55. The Hall–Kier alpha value is -2.71. The lowest BCUT2D eigenvalue weighted by atomic mass is 10.1. The molecule has 0 saturated carbocycles. The summed E-state index contributed by atoms with van der Waals surface area (Å²) < 4.78 is 22.3. The Morgan fingerprint density at radius 3 is 2.12 bits per heavy atom. The molecule has 0 radical (unpaired) electrons. The molecule has 2 aromatic rings. The van der Waals surface area contributed by atoms with Crippen LogP contribution in [0.3, 0.4) is 0 Å². The monoisotopic (exact) mass is 361 g/mol. The predicted molar refractivity (Wildman–Crippen MR) is 95.0 cm³/mol. The molecule has 2 rings (SSSR count). The molecule has 0 fully saturated rings. The molecule has 7 nitrogen and oxygen atoms in total. The van der Waals surface area contributed by atoms with Crippen molar-refractivity contribution in [3.63, 3.8) is 0 Å². The van der Waals surface area contributed by atoms with Gasteiger partial charge in [-0.2, -0.15) is 0 Å². The largest absolute Gasteiger partial charge is 0.338 e. The second kappa shape index (κ2) is 7.91. The summed E-state index contributed by atoms with van der Waals surface area (Å²) in [6, 6.07) is 12.4. The van der Waals surface area contributed by atoms with E-state index >= 15 is 0 Å². The number of rotatable bonds is 6. The highest BCUT2D eigenvalue weighted by molar-refractivity contribution is 7.89. The van der Waals surface area contributed by atoms with E-state index in [1.807, 2.05) is 0 Å². The van der Waals surface area contributed by atoms with Gasteiger partial charge in [0.25, 0.3) is 0 Å². The van der Waals surface area contributed by atoms with Crippen molar-refractivity contribution in [2.24, 2.45) is 5.14 Å². The Kier molecular flexibility index (Phi) is 5.89. The molecule has 2 aromatic carbocycles. The number of carbonyl (C=O) groups excluding carboxylic acids is 2. The molecule has 4 N–H and O–H groups in total. The summed E-state index contributed by atoms with van der Waals surface area (Å²) in [7, 11) is -3.70. The predicted octanol–water partition coefficient (Wildman–Crippen LogP) is 1.90. The number of amides is 2. The summed E-state index contributed by atoms with van der Waals surface area (Å²) in [4.78, 5) is 23.1. The number of benzene rings is 2. The maximum absolute atomic E-state index is 11.8. The van der Waals surface area contributed by atoms with E-state index in [0.29, 0.717) is 24.2 Å². The van der Waals surface area contributed by atoms with Gasteiger partial charge in [0.2, 0.25) is 10.0 Å². The Morgan fingerprint density at radius 1 is 1.00 bits per heavy atom. The molecular formula is C17H19N3O4S. The van der Waals surface area contributed by atoms with Crippen molar-refractivity contribution in [1.82, 2.24) is 5.32 Å². The molecule has 8 heteroatoms. The van der Waals surface area contributed by atoms with Crippen LogP contribution in [0.1, 0.15) is 22.8 Å². The third-order valence-corrected chi connectivity index (χ3v) is 4.43. The minimum Gasteiger partial charge on any atom is -0.338 e. The van der Waals surface area contributed by atoms with Crippen LogP contribution in [0.5, 0.6) is 0 Å². The molecule has 0 spiro atoms. The van der Waals surface area contributed by atoms with Crippen LogP contribution in [0.2, 0.25) is 0 Å². The number of nitrogens with one attached hydrogen (secondary N) is 2. The first-order chi connectivity index (χ1) is 11.8. The van der Waals surface area contributed by atoms with Gasteiger partial charge >= 0.3 is 6.03 Å². The fourth-order valence-electron chi connectivity index (χ4n) is 2.13. The molecule has 0 atom stereocenters. The van der Waals surface area contributed by atoms with Crippen molar-refractivity contribution in [1.29, 1.82) is 0 Å².